The van der Waals surface area contributed by atoms with Gasteiger partial charge in [0.05, 0.1) is 11.1 Å². The van der Waals surface area contributed by atoms with Crippen LogP contribution in [0.4, 0.5) is 13.2 Å². The molecule has 1 aliphatic rings. The molecular weight excluding hydrogens is 401 g/mol. The van der Waals surface area contributed by atoms with Gasteiger partial charge in [0.15, 0.2) is 5.78 Å². The van der Waals surface area contributed by atoms with Crippen LogP contribution in [0.3, 0.4) is 0 Å². The summed E-state index contributed by atoms with van der Waals surface area (Å²) in [5.74, 6) is -2.43. The summed E-state index contributed by atoms with van der Waals surface area (Å²) in [6, 6.07) is 11.4. The lowest BCUT2D eigenvalue weighted by atomic mass is 9.90. The van der Waals surface area contributed by atoms with Crippen LogP contribution in [0.15, 0.2) is 36.4 Å². The first kappa shape index (κ1) is 21.6. The van der Waals surface area contributed by atoms with Gasteiger partial charge in [0.1, 0.15) is 11.6 Å². The molecule has 0 saturated carbocycles. The highest BCUT2D eigenvalue weighted by atomic mass is 19.1. The number of benzene rings is 2. The quantitative estimate of drug-likeness (QED) is 0.465. The summed E-state index contributed by atoms with van der Waals surface area (Å²) in [7, 11) is 1.38. The van der Waals surface area contributed by atoms with Gasteiger partial charge in [0, 0.05) is 31.0 Å². The second kappa shape index (κ2) is 8.87. The van der Waals surface area contributed by atoms with Gasteiger partial charge in [-0.3, -0.25) is 9.69 Å². The lowest BCUT2D eigenvalue weighted by Crippen LogP contribution is -2.33. The minimum absolute atomic E-state index is 0.0654. The number of halogens is 3. The molecule has 3 nitrogen and oxygen atoms in total. The van der Waals surface area contributed by atoms with E-state index in [0.717, 1.165) is 43.1 Å². The Kier molecular flexibility index (Phi) is 6.19. The molecule has 2 heterocycles. The maximum atomic E-state index is 14.8. The summed E-state index contributed by atoms with van der Waals surface area (Å²) in [6.07, 6.45) is 2.78. The van der Waals surface area contributed by atoms with E-state index < -0.39 is 23.4 Å². The van der Waals surface area contributed by atoms with Crippen molar-refractivity contribution in [3.05, 3.63) is 70.7 Å². The molecule has 0 N–H and O–H groups in total. The Labute approximate surface area is 180 Å². The number of Topliss-reactive ketones (excluding diaryl/α,β-unsaturated/α-hetero) is 1. The number of likely N-dealkylation sites (tertiary alicyclic amines) is 1. The molecule has 1 aromatic heterocycles. The molecule has 0 aliphatic carbocycles. The third-order valence-corrected chi connectivity index (χ3v) is 6.55. The average molecular weight is 428 g/mol. The van der Waals surface area contributed by atoms with Gasteiger partial charge < -0.3 is 4.57 Å². The number of aromatic nitrogens is 1. The smallest absolute Gasteiger partial charge is 0.205 e. The van der Waals surface area contributed by atoms with Crippen molar-refractivity contribution in [2.24, 2.45) is 13.0 Å². The van der Waals surface area contributed by atoms with E-state index in [4.69, 9.17) is 0 Å². The van der Waals surface area contributed by atoms with Crippen LogP contribution in [0.25, 0.3) is 10.9 Å². The highest BCUT2D eigenvalue weighted by molar-refractivity contribution is 6.08. The van der Waals surface area contributed by atoms with Gasteiger partial charge in [-0.25, -0.2) is 8.78 Å². The summed E-state index contributed by atoms with van der Waals surface area (Å²) in [6.45, 7) is 4.14. The van der Waals surface area contributed by atoms with Gasteiger partial charge in [0.25, 0.3) is 0 Å². The minimum atomic E-state index is -0.855. The number of rotatable bonds is 6. The van der Waals surface area contributed by atoms with Crippen LogP contribution < -0.4 is 0 Å². The Hall–Kier alpha value is -2.60. The number of nitrogens with zero attached hydrogens (tertiary/aromatic N) is 2. The summed E-state index contributed by atoms with van der Waals surface area (Å²) in [5.41, 5.74) is 0.907. The van der Waals surface area contributed by atoms with Gasteiger partial charge in [-0.1, -0.05) is 30.3 Å². The Bertz CT molecular complexity index is 1100. The summed E-state index contributed by atoms with van der Waals surface area (Å²) >= 11 is 0. The molecule has 3 aromatic rings. The van der Waals surface area contributed by atoms with Gasteiger partial charge >= 0.3 is 0 Å². The topological polar surface area (TPSA) is 25.2 Å². The highest BCUT2D eigenvalue weighted by Gasteiger charge is 2.27. The first-order valence-corrected chi connectivity index (χ1v) is 10.8. The molecule has 1 aliphatic heterocycles. The largest absolute Gasteiger partial charge is 0.320 e. The van der Waals surface area contributed by atoms with Crippen molar-refractivity contribution in [2.45, 2.75) is 39.2 Å². The number of hydrogen-bond acceptors (Lipinski definition) is 2. The Balaban J connectivity index is 1.40. The molecule has 0 unspecified atom stereocenters. The van der Waals surface area contributed by atoms with Crippen LogP contribution in [0, 0.1) is 30.4 Å². The SMILES string of the molecule is Cc1c(F)cc2c(c1F)c(C(=O)CCC1CCN(Cc3ccccc3)CC1)c(F)n2C. The summed E-state index contributed by atoms with van der Waals surface area (Å²) in [5, 5.41) is -0.110. The van der Waals surface area contributed by atoms with Crippen molar-refractivity contribution in [1.82, 2.24) is 9.47 Å². The second-order valence-corrected chi connectivity index (χ2v) is 8.58. The van der Waals surface area contributed by atoms with Crippen LogP contribution >= 0.6 is 0 Å². The zero-order valence-corrected chi connectivity index (χ0v) is 17.9. The third-order valence-electron chi connectivity index (χ3n) is 6.55. The Morgan fingerprint density at radius 1 is 1.10 bits per heavy atom. The maximum Gasteiger partial charge on any atom is 0.205 e. The van der Waals surface area contributed by atoms with Gasteiger partial charge in [-0.15, -0.1) is 0 Å². The van der Waals surface area contributed by atoms with E-state index in [2.05, 4.69) is 17.0 Å². The fourth-order valence-electron chi connectivity index (χ4n) is 4.57. The number of aryl methyl sites for hydroxylation is 1. The van der Waals surface area contributed by atoms with E-state index in [-0.39, 0.29) is 28.5 Å². The van der Waals surface area contributed by atoms with E-state index in [9.17, 15) is 18.0 Å². The fourth-order valence-corrected chi connectivity index (χ4v) is 4.57. The normalized spacial score (nSPS) is 15.6. The summed E-state index contributed by atoms with van der Waals surface area (Å²) in [4.78, 5) is 15.3. The molecule has 0 bridgehead atoms. The first-order valence-electron chi connectivity index (χ1n) is 10.8. The van der Waals surface area contributed by atoms with Crippen molar-refractivity contribution in [3.63, 3.8) is 0 Å². The molecule has 1 fully saturated rings. The Morgan fingerprint density at radius 2 is 1.77 bits per heavy atom. The lowest BCUT2D eigenvalue weighted by molar-refractivity contribution is 0.0958. The highest BCUT2D eigenvalue weighted by Crippen LogP contribution is 2.32. The van der Waals surface area contributed by atoms with E-state index >= 15 is 0 Å². The van der Waals surface area contributed by atoms with Crippen LogP contribution in [-0.2, 0) is 13.6 Å². The van der Waals surface area contributed by atoms with E-state index in [1.165, 1.54) is 19.5 Å². The van der Waals surface area contributed by atoms with Gasteiger partial charge in [-0.2, -0.15) is 4.39 Å². The molecule has 4 rings (SSSR count). The summed E-state index contributed by atoms with van der Waals surface area (Å²) < 4.78 is 44.5. The lowest BCUT2D eigenvalue weighted by Gasteiger charge is -2.32. The molecule has 0 atom stereocenters. The Morgan fingerprint density at radius 3 is 2.45 bits per heavy atom. The number of carbonyl (C=O) groups excluding carboxylic acids is 1. The number of piperidine rings is 1. The van der Waals surface area contributed by atoms with Crippen molar-refractivity contribution in [1.29, 1.82) is 0 Å². The number of hydrogen-bond donors (Lipinski definition) is 0. The molecule has 0 spiro atoms. The van der Waals surface area contributed by atoms with Crippen LogP contribution in [-0.4, -0.2) is 28.3 Å². The van der Waals surface area contributed by atoms with Crippen molar-refractivity contribution < 1.29 is 18.0 Å². The first-order chi connectivity index (χ1) is 14.9. The molecule has 1 saturated heterocycles. The van der Waals surface area contributed by atoms with Crippen LogP contribution in [0.5, 0.6) is 0 Å². The zero-order valence-electron chi connectivity index (χ0n) is 17.9. The zero-order chi connectivity index (χ0) is 22.1. The van der Waals surface area contributed by atoms with Gasteiger partial charge in [0.2, 0.25) is 5.95 Å². The molecular formula is C25H27F3N2O. The molecule has 31 heavy (non-hydrogen) atoms. The average Bonchev–Trinajstić information content (AvgIpc) is 3.02. The minimum Gasteiger partial charge on any atom is -0.320 e. The van der Waals surface area contributed by atoms with E-state index in [1.807, 2.05) is 18.2 Å². The number of carbonyl (C=O) groups is 1. The molecule has 0 radical (unpaired) electrons. The maximum absolute atomic E-state index is 14.8. The third kappa shape index (κ3) is 4.26. The molecule has 6 heteroatoms. The van der Waals surface area contributed by atoms with Crippen LogP contribution in [0.1, 0.15) is 47.2 Å². The standard InChI is InChI=1S/C25H27F3N2O/c1-16-19(26)14-20-22(24(16)27)23(25(28)29(20)2)21(31)9-8-17-10-12-30(13-11-17)15-18-6-4-3-5-7-18/h3-7,14,17H,8-13,15H2,1-2H3. The monoisotopic (exact) mass is 428 g/mol. The predicted octanol–water partition coefficient (Wildman–Crippen LogP) is 5.78. The van der Waals surface area contributed by atoms with E-state index in [1.54, 1.807) is 0 Å². The fraction of sp³-hybridized carbons (Fsp3) is 0.400. The predicted molar refractivity (Wildman–Crippen MR) is 116 cm³/mol. The molecule has 0 amide bonds. The number of fused-ring (bicyclic) bond motifs is 1. The van der Waals surface area contributed by atoms with Crippen LogP contribution in [0.2, 0.25) is 0 Å². The van der Waals surface area contributed by atoms with E-state index in [0.29, 0.717) is 12.3 Å². The number of ketones is 1. The molecule has 2 aromatic carbocycles. The van der Waals surface area contributed by atoms with Crippen molar-refractivity contribution >= 4 is 16.7 Å². The molecule has 164 valence electrons. The second-order valence-electron chi connectivity index (χ2n) is 8.58. The van der Waals surface area contributed by atoms with Crippen molar-refractivity contribution in [3.8, 4) is 0 Å². The van der Waals surface area contributed by atoms with Crippen molar-refractivity contribution in [2.75, 3.05) is 13.1 Å². The van der Waals surface area contributed by atoms with Gasteiger partial charge in [-0.05, 0) is 56.8 Å².